The molecular weight excluding hydrogens is 182 g/mol. The summed E-state index contributed by atoms with van der Waals surface area (Å²) in [5, 5.41) is 0. The smallest absolute Gasteiger partial charge is 0.298 e. The number of likely N-dealkylation sites (tertiary alicyclic amines) is 1. The van der Waals surface area contributed by atoms with Crippen molar-refractivity contribution in [3.05, 3.63) is 0 Å². The molecule has 1 unspecified atom stereocenters. The Bertz CT molecular complexity index is 241. The second kappa shape index (κ2) is 5.18. The molecule has 0 aromatic rings. The Hall–Kier alpha value is -0.620. The number of carbonyl (C=O) groups is 1. The Morgan fingerprint density at radius 1 is 1.69 bits per heavy atom. The lowest BCUT2D eigenvalue weighted by atomic mass is 10.2. The number of carbonyl (C=O) groups excluding carboxylic acids is 1. The summed E-state index contributed by atoms with van der Waals surface area (Å²) in [5.41, 5.74) is 0. The zero-order valence-electron chi connectivity index (χ0n) is 8.17. The zero-order valence-corrected chi connectivity index (χ0v) is 8.99. The van der Waals surface area contributed by atoms with Gasteiger partial charge in [0.15, 0.2) is 0 Å². The van der Waals surface area contributed by atoms with Gasteiger partial charge in [-0.1, -0.05) is 5.92 Å². The minimum absolute atomic E-state index is 0.00824. The molecular formula is C10H15NOS. The highest BCUT2D eigenvalue weighted by Crippen LogP contribution is 2.19. The molecule has 1 heterocycles. The molecule has 0 saturated carbocycles. The van der Waals surface area contributed by atoms with Gasteiger partial charge in [-0.15, -0.1) is 0 Å². The normalized spacial score (nSPS) is 21.1. The van der Waals surface area contributed by atoms with Crippen molar-refractivity contribution in [1.29, 1.82) is 0 Å². The minimum Gasteiger partial charge on any atom is -0.332 e. The molecule has 1 aliphatic rings. The Labute approximate surface area is 84.1 Å². The summed E-state index contributed by atoms with van der Waals surface area (Å²) < 4.78 is 0. The molecule has 0 N–H and O–H groups in total. The lowest BCUT2D eigenvalue weighted by molar-refractivity contribution is -0.124. The quantitative estimate of drug-likeness (QED) is 0.620. The van der Waals surface area contributed by atoms with Crippen LogP contribution in [0.4, 0.5) is 0 Å². The maximum Gasteiger partial charge on any atom is 0.298 e. The summed E-state index contributed by atoms with van der Waals surface area (Å²) >= 11 is 1.85. The van der Waals surface area contributed by atoms with E-state index >= 15 is 0 Å². The fourth-order valence-corrected chi connectivity index (χ4v) is 2.32. The van der Waals surface area contributed by atoms with Crippen molar-refractivity contribution in [1.82, 2.24) is 4.90 Å². The number of nitrogens with zero attached hydrogens (tertiary/aromatic N) is 1. The molecule has 1 fully saturated rings. The first-order valence-electron chi connectivity index (χ1n) is 4.48. The van der Waals surface area contributed by atoms with Crippen molar-refractivity contribution in [2.45, 2.75) is 13.3 Å². The number of hydrogen-bond acceptors (Lipinski definition) is 2. The molecule has 2 nitrogen and oxygen atoms in total. The summed E-state index contributed by atoms with van der Waals surface area (Å²) in [6, 6.07) is 0. The van der Waals surface area contributed by atoms with E-state index in [9.17, 15) is 4.79 Å². The summed E-state index contributed by atoms with van der Waals surface area (Å²) in [7, 11) is 0. The molecule has 0 aromatic carbocycles. The topological polar surface area (TPSA) is 20.3 Å². The van der Waals surface area contributed by atoms with Crippen LogP contribution < -0.4 is 0 Å². The van der Waals surface area contributed by atoms with Crippen molar-refractivity contribution in [2.75, 3.05) is 25.1 Å². The second-order valence-corrected chi connectivity index (χ2v) is 4.15. The van der Waals surface area contributed by atoms with Gasteiger partial charge in [-0.25, -0.2) is 0 Å². The molecule has 0 spiro atoms. The van der Waals surface area contributed by atoms with Gasteiger partial charge in [0, 0.05) is 13.1 Å². The van der Waals surface area contributed by atoms with E-state index in [0.29, 0.717) is 5.92 Å². The highest BCUT2D eigenvalue weighted by molar-refractivity contribution is 7.98. The van der Waals surface area contributed by atoms with Crippen LogP contribution in [0.5, 0.6) is 0 Å². The van der Waals surface area contributed by atoms with E-state index in [0.717, 1.165) is 25.3 Å². The van der Waals surface area contributed by atoms with Gasteiger partial charge in [0.1, 0.15) is 0 Å². The van der Waals surface area contributed by atoms with Gasteiger partial charge in [0.25, 0.3) is 5.91 Å². The Morgan fingerprint density at radius 3 is 3.08 bits per heavy atom. The third-order valence-electron chi connectivity index (χ3n) is 2.21. The zero-order chi connectivity index (χ0) is 9.68. The second-order valence-electron chi connectivity index (χ2n) is 3.24. The molecule has 13 heavy (non-hydrogen) atoms. The predicted octanol–water partition coefficient (Wildman–Crippen LogP) is 1.22. The molecule has 1 aliphatic heterocycles. The van der Waals surface area contributed by atoms with Crippen molar-refractivity contribution in [3.63, 3.8) is 0 Å². The third-order valence-corrected chi connectivity index (χ3v) is 3.01. The molecule has 1 rings (SSSR count). The van der Waals surface area contributed by atoms with Crippen molar-refractivity contribution in [2.24, 2.45) is 5.92 Å². The lowest BCUT2D eigenvalue weighted by Crippen LogP contribution is -2.27. The molecule has 1 atom stereocenters. The van der Waals surface area contributed by atoms with E-state index in [2.05, 4.69) is 18.1 Å². The summed E-state index contributed by atoms with van der Waals surface area (Å²) in [6.07, 6.45) is 3.24. The number of rotatable bonds is 2. The highest BCUT2D eigenvalue weighted by atomic mass is 32.2. The minimum atomic E-state index is -0.00824. The molecule has 0 aliphatic carbocycles. The van der Waals surface area contributed by atoms with Crippen molar-refractivity contribution < 1.29 is 4.79 Å². The van der Waals surface area contributed by atoms with E-state index in [4.69, 9.17) is 0 Å². The molecule has 0 aromatic heterocycles. The van der Waals surface area contributed by atoms with Crippen LogP contribution in [-0.4, -0.2) is 35.9 Å². The molecule has 72 valence electrons. The van der Waals surface area contributed by atoms with Gasteiger partial charge in [-0.2, -0.15) is 11.8 Å². The van der Waals surface area contributed by atoms with Crippen LogP contribution in [0, 0.1) is 17.8 Å². The van der Waals surface area contributed by atoms with E-state index in [-0.39, 0.29) is 5.91 Å². The number of thioether (sulfide) groups is 1. The van der Waals surface area contributed by atoms with Gasteiger partial charge in [-0.3, -0.25) is 4.79 Å². The van der Waals surface area contributed by atoms with Crippen LogP contribution in [0.15, 0.2) is 0 Å². The summed E-state index contributed by atoms with van der Waals surface area (Å²) in [6.45, 7) is 3.49. The Balaban J connectivity index is 2.39. The molecule has 0 radical (unpaired) electrons. The van der Waals surface area contributed by atoms with E-state index in [1.54, 1.807) is 6.92 Å². The first-order chi connectivity index (χ1) is 6.27. The monoisotopic (exact) mass is 197 g/mol. The largest absolute Gasteiger partial charge is 0.332 e. The van der Waals surface area contributed by atoms with Gasteiger partial charge in [0.2, 0.25) is 0 Å². The number of hydrogen-bond donors (Lipinski definition) is 0. The molecule has 3 heteroatoms. The maximum absolute atomic E-state index is 11.3. The summed E-state index contributed by atoms with van der Waals surface area (Å²) in [5.74, 6) is 7.05. The van der Waals surface area contributed by atoms with Gasteiger partial charge in [-0.05, 0) is 37.2 Å². The predicted molar refractivity (Wildman–Crippen MR) is 56.5 cm³/mol. The van der Waals surface area contributed by atoms with Crippen LogP contribution in [0.2, 0.25) is 0 Å². The van der Waals surface area contributed by atoms with Crippen LogP contribution in [0.3, 0.4) is 0 Å². The fraction of sp³-hybridized carbons (Fsp3) is 0.700. The molecule has 1 amide bonds. The Morgan fingerprint density at radius 2 is 2.46 bits per heavy atom. The van der Waals surface area contributed by atoms with Crippen molar-refractivity contribution in [3.8, 4) is 11.8 Å². The SMILES string of the molecule is CC#CC(=O)N1CCC(CSC)C1. The van der Waals surface area contributed by atoms with Crippen molar-refractivity contribution >= 4 is 17.7 Å². The first-order valence-corrected chi connectivity index (χ1v) is 5.88. The lowest BCUT2D eigenvalue weighted by Gasteiger charge is -2.12. The maximum atomic E-state index is 11.3. The van der Waals surface area contributed by atoms with Crippen LogP contribution in [0.1, 0.15) is 13.3 Å². The van der Waals surface area contributed by atoms with Gasteiger partial charge < -0.3 is 4.90 Å². The third kappa shape index (κ3) is 2.96. The van der Waals surface area contributed by atoms with E-state index in [1.165, 1.54) is 0 Å². The van der Waals surface area contributed by atoms with Crippen LogP contribution in [-0.2, 0) is 4.79 Å². The van der Waals surface area contributed by atoms with E-state index < -0.39 is 0 Å². The average molecular weight is 197 g/mol. The first kappa shape index (κ1) is 10.5. The highest BCUT2D eigenvalue weighted by Gasteiger charge is 2.24. The summed E-state index contributed by atoms with van der Waals surface area (Å²) in [4.78, 5) is 13.2. The molecule has 0 bridgehead atoms. The molecule has 1 saturated heterocycles. The van der Waals surface area contributed by atoms with Gasteiger partial charge >= 0.3 is 0 Å². The fourth-order valence-electron chi connectivity index (χ4n) is 1.57. The average Bonchev–Trinajstić information content (AvgIpc) is 2.54. The van der Waals surface area contributed by atoms with Crippen LogP contribution >= 0.6 is 11.8 Å². The van der Waals surface area contributed by atoms with Crippen LogP contribution in [0.25, 0.3) is 0 Å². The Kier molecular flexibility index (Phi) is 4.17. The number of amides is 1. The standard InChI is InChI=1S/C10H15NOS/c1-3-4-10(12)11-6-5-9(7-11)8-13-2/h9H,5-8H2,1-2H3. The van der Waals surface area contributed by atoms with Gasteiger partial charge in [0.05, 0.1) is 0 Å². The van der Waals surface area contributed by atoms with E-state index in [1.807, 2.05) is 16.7 Å².